The molecule has 0 amide bonds. The predicted octanol–water partition coefficient (Wildman–Crippen LogP) is 3.03. The lowest BCUT2D eigenvalue weighted by atomic mass is 10.1. The van der Waals surface area contributed by atoms with Crippen molar-refractivity contribution in [3.8, 4) is 34.3 Å². The second kappa shape index (κ2) is 5.76. The average Bonchev–Trinajstić information content (AvgIpc) is 3.05. The van der Waals surface area contributed by atoms with E-state index in [1.165, 1.54) is 13.2 Å². The fourth-order valence-electron chi connectivity index (χ4n) is 2.06. The van der Waals surface area contributed by atoms with Crippen molar-refractivity contribution in [2.45, 2.75) is 0 Å². The zero-order valence-corrected chi connectivity index (χ0v) is 12.0. The van der Waals surface area contributed by atoms with E-state index in [9.17, 15) is 15.2 Å². The van der Waals surface area contributed by atoms with Crippen LogP contribution in [-0.4, -0.2) is 27.3 Å². The number of nitrogens with zero attached hydrogens (tertiary/aromatic N) is 3. The van der Waals surface area contributed by atoms with Gasteiger partial charge in [0, 0.05) is 11.6 Å². The van der Waals surface area contributed by atoms with Gasteiger partial charge in [0.15, 0.2) is 5.75 Å². The molecule has 0 atom stereocenters. The number of phenols is 1. The molecule has 0 saturated heterocycles. The Morgan fingerprint density at radius 2 is 1.96 bits per heavy atom. The molecule has 0 spiro atoms. The molecule has 1 heterocycles. The number of rotatable bonds is 4. The third-order valence-corrected chi connectivity index (χ3v) is 3.18. The SMILES string of the molecule is COc1cc(-c2nc(-c3ccccc3)no2)cc([N+](=O)[O-])c1O. The lowest BCUT2D eigenvalue weighted by molar-refractivity contribution is -0.385. The first kappa shape index (κ1) is 14.5. The molecule has 0 aliphatic rings. The van der Waals surface area contributed by atoms with Gasteiger partial charge in [-0.15, -0.1) is 0 Å². The van der Waals surface area contributed by atoms with Crippen LogP contribution in [0.1, 0.15) is 0 Å². The minimum absolute atomic E-state index is 0.0475. The highest BCUT2D eigenvalue weighted by molar-refractivity contribution is 5.69. The molecule has 1 N–H and O–H groups in total. The highest BCUT2D eigenvalue weighted by Crippen LogP contribution is 2.39. The van der Waals surface area contributed by atoms with Gasteiger partial charge in [0.05, 0.1) is 17.6 Å². The maximum atomic E-state index is 11.0. The summed E-state index contributed by atoms with van der Waals surface area (Å²) in [6.45, 7) is 0. The Hall–Kier alpha value is -3.42. The monoisotopic (exact) mass is 313 g/mol. The van der Waals surface area contributed by atoms with Crippen molar-refractivity contribution >= 4 is 5.69 Å². The fraction of sp³-hybridized carbons (Fsp3) is 0.0667. The van der Waals surface area contributed by atoms with E-state index in [4.69, 9.17) is 9.26 Å². The number of aromatic nitrogens is 2. The van der Waals surface area contributed by atoms with E-state index in [-0.39, 0.29) is 17.2 Å². The standard InChI is InChI=1S/C15H11N3O5/c1-22-12-8-10(7-11(13(12)19)18(20)21)15-16-14(17-23-15)9-5-3-2-4-6-9/h2-8,19H,1H3. The third kappa shape index (κ3) is 2.69. The number of methoxy groups -OCH3 is 1. The molecule has 0 fully saturated rings. The van der Waals surface area contributed by atoms with Crippen molar-refractivity contribution in [1.29, 1.82) is 0 Å². The molecular formula is C15H11N3O5. The zero-order chi connectivity index (χ0) is 16.4. The van der Waals surface area contributed by atoms with Gasteiger partial charge < -0.3 is 14.4 Å². The molecule has 3 rings (SSSR count). The number of ether oxygens (including phenoxy) is 1. The summed E-state index contributed by atoms with van der Waals surface area (Å²) >= 11 is 0. The average molecular weight is 313 g/mol. The van der Waals surface area contributed by atoms with E-state index < -0.39 is 16.4 Å². The van der Waals surface area contributed by atoms with Crippen LogP contribution in [-0.2, 0) is 0 Å². The van der Waals surface area contributed by atoms with E-state index in [1.54, 1.807) is 0 Å². The van der Waals surface area contributed by atoms with Gasteiger partial charge in [-0.3, -0.25) is 10.1 Å². The number of benzene rings is 2. The topological polar surface area (TPSA) is 112 Å². The Labute approximate surface area is 130 Å². The lowest BCUT2D eigenvalue weighted by Crippen LogP contribution is -1.93. The Morgan fingerprint density at radius 1 is 1.22 bits per heavy atom. The molecule has 1 aromatic heterocycles. The molecule has 8 heteroatoms. The molecular weight excluding hydrogens is 302 g/mol. The first-order valence-electron chi connectivity index (χ1n) is 6.55. The Morgan fingerprint density at radius 3 is 2.61 bits per heavy atom. The molecule has 0 aliphatic carbocycles. The summed E-state index contributed by atoms with van der Waals surface area (Å²) < 4.78 is 10.1. The van der Waals surface area contributed by atoms with Crippen LogP contribution in [0.15, 0.2) is 47.0 Å². The van der Waals surface area contributed by atoms with Gasteiger partial charge in [0.2, 0.25) is 11.6 Å². The number of nitro benzene ring substituents is 1. The van der Waals surface area contributed by atoms with Gasteiger partial charge in [0.1, 0.15) is 0 Å². The minimum atomic E-state index is -0.712. The van der Waals surface area contributed by atoms with E-state index >= 15 is 0 Å². The van der Waals surface area contributed by atoms with Crippen LogP contribution in [0.5, 0.6) is 11.5 Å². The minimum Gasteiger partial charge on any atom is -0.500 e. The summed E-state index contributed by atoms with van der Waals surface area (Å²) in [6, 6.07) is 11.7. The zero-order valence-electron chi connectivity index (χ0n) is 12.0. The summed E-state index contributed by atoms with van der Waals surface area (Å²) in [5.41, 5.74) is 0.530. The van der Waals surface area contributed by atoms with E-state index in [2.05, 4.69) is 10.1 Å². The smallest absolute Gasteiger partial charge is 0.315 e. The molecule has 0 radical (unpaired) electrons. The number of hydrogen-bond donors (Lipinski definition) is 1. The van der Waals surface area contributed by atoms with Crippen molar-refractivity contribution < 1.29 is 19.3 Å². The summed E-state index contributed by atoms with van der Waals surface area (Å²) in [7, 11) is 1.30. The fourth-order valence-corrected chi connectivity index (χ4v) is 2.06. The van der Waals surface area contributed by atoms with Gasteiger partial charge in [-0.1, -0.05) is 35.5 Å². The maximum Gasteiger partial charge on any atom is 0.315 e. The summed E-state index contributed by atoms with van der Waals surface area (Å²) in [5, 5.41) is 24.7. The van der Waals surface area contributed by atoms with Crippen molar-refractivity contribution in [3.63, 3.8) is 0 Å². The summed E-state index contributed by atoms with van der Waals surface area (Å²) in [5.74, 6) is -0.154. The number of phenolic OH excluding ortho intramolecular Hbond substituents is 1. The first-order chi connectivity index (χ1) is 11.1. The van der Waals surface area contributed by atoms with E-state index in [0.29, 0.717) is 5.82 Å². The van der Waals surface area contributed by atoms with Crippen LogP contribution in [0.3, 0.4) is 0 Å². The van der Waals surface area contributed by atoms with Gasteiger partial charge in [-0.05, 0) is 6.07 Å². The lowest BCUT2D eigenvalue weighted by Gasteiger charge is -2.05. The largest absolute Gasteiger partial charge is 0.500 e. The Bertz CT molecular complexity index is 861. The molecule has 3 aromatic rings. The molecule has 23 heavy (non-hydrogen) atoms. The second-order valence-electron chi connectivity index (χ2n) is 4.59. The number of hydrogen-bond acceptors (Lipinski definition) is 7. The van der Waals surface area contributed by atoms with Crippen LogP contribution in [0.25, 0.3) is 22.8 Å². The maximum absolute atomic E-state index is 11.0. The predicted molar refractivity (Wildman–Crippen MR) is 80.0 cm³/mol. The molecule has 2 aromatic carbocycles. The van der Waals surface area contributed by atoms with Crippen molar-refractivity contribution in [2.24, 2.45) is 0 Å². The highest BCUT2D eigenvalue weighted by atomic mass is 16.6. The summed E-state index contributed by atoms with van der Waals surface area (Å²) in [4.78, 5) is 14.5. The van der Waals surface area contributed by atoms with Crippen molar-refractivity contribution in [2.75, 3.05) is 7.11 Å². The Balaban J connectivity index is 2.07. The number of aromatic hydroxyl groups is 1. The summed E-state index contributed by atoms with van der Waals surface area (Å²) in [6.07, 6.45) is 0. The third-order valence-electron chi connectivity index (χ3n) is 3.18. The van der Waals surface area contributed by atoms with E-state index in [0.717, 1.165) is 11.6 Å². The molecule has 0 unspecified atom stereocenters. The van der Waals surface area contributed by atoms with Crippen LogP contribution in [0, 0.1) is 10.1 Å². The van der Waals surface area contributed by atoms with Gasteiger partial charge in [0.25, 0.3) is 5.89 Å². The van der Waals surface area contributed by atoms with Crippen LogP contribution in [0.2, 0.25) is 0 Å². The molecule has 0 bridgehead atoms. The van der Waals surface area contributed by atoms with Crippen LogP contribution < -0.4 is 4.74 Å². The Kier molecular flexibility index (Phi) is 3.63. The van der Waals surface area contributed by atoms with Gasteiger partial charge in [-0.2, -0.15) is 4.98 Å². The van der Waals surface area contributed by atoms with Gasteiger partial charge >= 0.3 is 5.69 Å². The number of nitro groups is 1. The quantitative estimate of drug-likeness (QED) is 0.582. The first-order valence-corrected chi connectivity index (χ1v) is 6.55. The molecule has 8 nitrogen and oxygen atoms in total. The van der Waals surface area contributed by atoms with E-state index in [1.807, 2.05) is 30.3 Å². The molecule has 116 valence electrons. The normalized spacial score (nSPS) is 10.5. The molecule has 0 saturated carbocycles. The second-order valence-corrected chi connectivity index (χ2v) is 4.59. The highest BCUT2D eigenvalue weighted by Gasteiger charge is 2.22. The van der Waals surface area contributed by atoms with Gasteiger partial charge in [-0.25, -0.2) is 0 Å². The molecule has 0 aliphatic heterocycles. The van der Waals surface area contributed by atoms with Crippen molar-refractivity contribution in [3.05, 3.63) is 52.6 Å². The van der Waals surface area contributed by atoms with Crippen LogP contribution in [0.4, 0.5) is 5.69 Å². The van der Waals surface area contributed by atoms with Crippen molar-refractivity contribution in [1.82, 2.24) is 10.1 Å². The van der Waals surface area contributed by atoms with Crippen LogP contribution >= 0.6 is 0 Å².